The minimum Gasteiger partial charge on any atom is -0.482 e. The Morgan fingerprint density at radius 1 is 1.29 bits per heavy atom. The van der Waals surface area contributed by atoms with Crippen molar-refractivity contribution in [1.82, 2.24) is 14.8 Å². The largest absolute Gasteiger partial charge is 0.482 e. The maximum atomic E-state index is 11.7. The number of carbonyl (C=O) groups excluding carboxylic acids is 1. The average Bonchev–Trinajstić information content (AvgIpc) is 2.98. The van der Waals surface area contributed by atoms with Crippen LogP contribution < -0.4 is 10.1 Å². The van der Waals surface area contributed by atoms with E-state index in [1.807, 2.05) is 0 Å². The zero-order valence-corrected chi connectivity index (χ0v) is 11.1. The van der Waals surface area contributed by atoms with Crippen LogP contribution in [-0.2, 0) is 16.1 Å². The van der Waals surface area contributed by atoms with Gasteiger partial charge in [0.25, 0.3) is 0 Å². The zero-order chi connectivity index (χ0) is 15.1. The molecule has 1 aromatic heterocycles. The van der Waals surface area contributed by atoms with Gasteiger partial charge < -0.3 is 15.2 Å². The summed E-state index contributed by atoms with van der Waals surface area (Å²) in [5, 5.41) is 15.1. The predicted octanol–water partition coefficient (Wildman–Crippen LogP) is 0.770. The summed E-state index contributed by atoms with van der Waals surface area (Å²) in [6, 6.07) is 6.47. The highest BCUT2D eigenvalue weighted by molar-refractivity contribution is 5.90. The van der Waals surface area contributed by atoms with Crippen molar-refractivity contribution >= 4 is 17.6 Å². The van der Waals surface area contributed by atoms with E-state index in [2.05, 4.69) is 15.4 Å². The van der Waals surface area contributed by atoms with Crippen LogP contribution in [0.2, 0.25) is 0 Å². The van der Waals surface area contributed by atoms with E-state index < -0.39 is 12.6 Å². The van der Waals surface area contributed by atoms with Gasteiger partial charge in [-0.2, -0.15) is 5.10 Å². The first kappa shape index (κ1) is 14.5. The average molecular weight is 290 g/mol. The van der Waals surface area contributed by atoms with Crippen LogP contribution >= 0.6 is 0 Å². The van der Waals surface area contributed by atoms with Crippen LogP contribution in [-0.4, -0.2) is 38.4 Å². The summed E-state index contributed by atoms with van der Waals surface area (Å²) in [5.74, 6) is -0.761. The number of aliphatic carboxylic acids is 1. The standard InChI is InChI=1S/C13H14N4O4/c18-12(5-6-17-9-14-8-15-17)16-10-1-3-11(4-2-10)21-7-13(19)20/h1-4,8-9H,5-7H2,(H,16,18)(H,19,20). The lowest BCUT2D eigenvalue weighted by molar-refractivity contribution is -0.139. The fraction of sp³-hybridized carbons (Fsp3) is 0.231. The van der Waals surface area contributed by atoms with Gasteiger partial charge >= 0.3 is 5.97 Å². The van der Waals surface area contributed by atoms with Gasteiger partial charge in [-0.3, -0.25) is 9.48 Å². The summed E-state index contributed by atoms with van der Waals surface area (Å²) in [6.45, 7) is 0.0508. The molecule has 2 N–H and O–H groups in total. The monoisotopic (exact) mass is 290 g/mol. The second kappa shape index (κ2) is 7.04. The predicted molar refractivity (Wildman–Crippen MR) is 72.8 cm³/mol. The van der Waals surface area contributed by atoms with Crippen LogP contribution in [0.15, 0.2) is 36.9 Å². The van der Waals surface area contributed by atoms with E-state index in [-0.39, 0.29) is 12.3 Å². The molecule has 0 radical (unpaired) electrons. The van der Waals surface area contributed by atoms with Crippen molar-refractivity contribution < 1.29 is 19.4 Å². The lowest BCUT2D eigenvalue weighted by Gasteiger charge is -2.07. The van der Waals surface area contributed by atoms with Gasteiger partial charge in [0.1, 0.15) is 18.4 Å². The third-order valence-corrected chi connectivity index (χ3v) is 2.53. The Hall–Kier alpha value is -2.90. The van der Waals surface area contributed by atoms with Crippen molar-refractivity contribution in [2.45, 2.75) is 13.0 Å². The van der Waals surface area contributed by atoms with Crippen LogP contribution in [0.25, 0.3) is 0 Å². The number of amides is 1. The van der Waals surface area contributed by atoms with Gasteiger partial charge in [-0.1, -0.05) is 0 Å². The fourth-order valence-corrected chi connectivity index (χ4v) is 1.57. The summed E-state index contributed by atoms with van der Waals surface area (Å²) in [4.78, 5) is 25.9. The van der Waals surface area contributed by atoms with Crippen molar-refractivity contribution in [3.05, 3.63) is 36.9 Å². The van der Waals surface area contributed by atoms with Gasteiger partial charge in [0.05, 0.1) is 6.54 Å². The third-order valence-electron chi connectivity index (χ3n) is 2.53. The summed E-state index contributed by atoms with van der Waals surface area (Å²) < 4.78 is 6.56. The topological polar surface area (TPSA) is 106 Å². The number of hydrogen-bond donors (Lipinski definition) is 2. The number of nitrogens with zero attached hydrogens (tertiary/aromatic N) is 3. The molecule has 0 unspecified atom stereocenters. The first-order valence-electron chi connectivity index (χ1n) is 6.20. The molecule has 1 amide bonds. The fourth-order valence-electron chi connectivity index (χ4n) is 1.57. The molecule has 0 aliphatic carbocycles. The molecule has 1 aromatic carbocycles. The number of aryl methyl sites for hydroxylation is 1. The van der Waals surface area contributed by atoms with Crippen LogP contribution in [0, 0.1) is 0 Å². The highest BCUT2D eigenvalue weighted by atomic mass is 16.5. The molecule has 8 nitrogen and oxygen atoms in total. The number of nitrogens with one attached hydrogen (secondary N) is 1. The van der Waals surface area contributed by atoms with Gasteiger partial charge in [-0.15, -0.1) is 0 Å². The molecule has 110 valence electrons. The molecule has 21 heavy (non-hydrogen) atoms. The summed E-state index contributed by atoms with van der Waals surface area (Å²) in [7, 11) is 0. The number of anilines is 1. The number of rotatable bonds is 7. The molecule has 0 atom stereocenters. The summed E-state index contributed by atoms with van der Waals surface area (Å²) >= 11 is 0. The minimum absolute atomic E-state index is 0.148. The molecular weight excluding hydrogens is 276 g/mol. The number of carbonyl (C=O) groups is 2. The Morgan fingerprint density at radius 3 is 2.67 bits per heavy atom. The van der Waals surface area contributed by atoms with E-state index in [1.54, 1.807) is 35.3 Å². The second-order valence-corrected chi connectivity index (χ2v) is 4.16. The Bertz CT molecular complexity index is 595. The normalized spacial score (nSPS) is 10.1. The van der Waals surface area contributed by atoms with Gasteiger partial charge in [0.15, 0.2) is 6.61 Å². The Morgan fingerprint density at radius 2 is 2.05 bits per heavy atom. The molecule has 0 saturated heterocycles. The van der Waals surface area contributed by atoms with E-state index in [0.29, 0.717) is 18.0 Å². The summed E-state index contributed by atoms with van der Waals surface area (Å²) in [6.07, 6.45) is 3.23. The molecule has 0 fully saturated rings. The smallest absolute Gasteiger partial charge is 0.341 e. The first-order chi connectivity index (χ1) is 10.1. The van der Waals surface area contributed by atoms with Gasteiger partial charge in [0.2, 0.25) is 5.91 Å². The van der Waals surface area contributed by atoms with Crippen LogP contribution in [0.4, 0.5) is 5.69 Å². The number of benzene rings is 1. The molecule has 2 aromatic rings. The van der Waals surface area contributed by atoms with Crippen LogP contribution in [0.1, 0.15) is 6.42 Å². The molecule has 0 saturated carbocycles. The van der Waals surface area contributed by atoms with Crippen molar-refractivity contribution in [3.8, 4) is 5.75 Å². The Labute approximate surface area is 120 Å². The van der Waals surface area contributed by atoms with E-state index in [9.17, 15) is 9.59 Å². The molecule has 0 aliphatic heterocycles. The van der Waals surface area contributed by atoms with E-state index in [1.165, 1.54) is 6.33 Å². The lowest BCUT2D eigenvalue weighted by Crippen LogP contribution is -2.14. The molecule has 1 heterocycles. The Balaban J connectivity index is 1.79. The quantitative estimate of drug-likeness (QED) is 0.780. The van der Waals surface area contributed by atoms with Gasteiger partial charge in [-0.05, 0) is 24.3 Å². The van der Waals surface area contributed by atoms with Crippen molar-refractivity contribution in [3.63, 3.8) is 0 Å². The van der Waals surface area contributed by atoms with Crippen molar-refractivity contribution in [2.75, 3.05) is 11.9 Å². The first-order valence-corrected chi connectivity index (χ1v) is 6.20. The van der Waals surface area contributed by atoms with Gasteiger partial charge in [-0.25, -0.2) is 9.78 Å². The number of carboxylic acid groups (broad SMARTS) is 1. The molecule has 0 aliphatic rings. The lowest BCUT2D eigenvalue weighted by atomic mass is 10.3. The molecule has 8 heteroatoms. The number of carboxylic acids is 1. The van der Waals surface area contributed by atoms with E-state index >= 15 is 0 Å². The van der Waals surface area contributed by atoms with Crippen molar-refractivity contribution in [1.29, 1.82) is 0 Å². The number of hydrogen-bond acceptors (Lipinski definition) is 5. The van der Waals surface area contributed by atoms with Crippen LogP contribution in [0.5, 0.6) is 5.75 Å². The zero-order valence-electron chi connectivity index (χ0n) is 11.1. The minimum atomic E-state index is -1.04. The SMILES string of the molecule is O=C(O)COc1ccc(NC(=O)CCn2cncn2)cc1. The maximum absolute atomic E-state index is 11.7. The third kappa shape index (κ3) is 4.94. The second-order valence-electron chi connectivity index (χ2n) is 4.16. The van der Waals surface area contributed by atoms with E-state index in [4.69, 9.17) is 9.84 Å². The molecule has 0 bridgehead atoms. The van der Waals surface area contributed by atoms with Gasteiger partial charge in [0, 0.05) is 12.1 Å². The maximum Gasteiger partial charge on any atom is 0.341 e. The van der Waals surface area contributed by atoms with Crippen molar-refractivity contribution in [2.24, 2.45) is 0 Å². The number of ether oxygens (including phenoxy) is 1. The Kier molecular flexibility index (Phi) is 4.86. The molecule has 0 spiro atoms. The molecule has 2 rings (SSSR count). The number of aromatic nitrogens is 3. The van der Waals surface area contributed by atoms with E-state index in [0.717, 1.165) is 0 Å². The highest BCUT2D eigenvalue weighted by Gasteiger charge is 2.04. The molecular formula is C13H14N4O4. The summed E-state index contributed by atoms with van der Waals surface area (Å²) in [5.41, 5.74) is 0.612. The highest BCUT2D eigenvalue weighted by Crippen LogP contribution is 2.15. The van der Waals surface area contributed by atoms with Crippen LogP contribution in [0.3, 0.4) is 0 Å².